The Kier molecular flexibility index (Phi) is 4.35. The zero-order chi connectivity index (χ0) is 10.6. The van der Waals surface area contributed by atoms with E-state index in [4.69, 9.17) is 4.74 Å². The number of nitrogens with one attached hydrogen (secondary N) is 2. The van der Waals surface area contributed by atoms with Gasteiger partial charge in [-0.15, -0.1) is 0 Å². The molecular weight excluding hydrogens is 180 g/mol. The van der Waals surface area contributed by atoms with Crippen molar-refractivity contribution in [2.75, 3.05) is 13.6 Å². The van der Waals surface area contributed by atoms with Gasteiger partial charge in [-0.2, -0.15) is 0 Å². The lowest BCUT2D eigenvalue weighted by atomic mass is 10.0. The van der Waals surface area contributed by atoms with Crippen LogP contribution in [0.2, 0.25) is 0 Å². The van der Waals surface area contributed by atoms with Crippen LogP contribution in [0.4, 0.5) is 0 Å². The summed E-state index contributed by atoms with van der Waals surface area (Å²) < 4.78 is 5.68. The number of hydrogen-bond acceptors (Lipinski definition) is 3. The summed E-state index contributed by atoms with van der Waals surface area (Å²) in [6.07, 6.45) is 1.97. The van der Waals surface area contributed by atoms with Crippen LogP contribution < -0.4 is 10.6 Å². The maximum absolute atomic E-state index is 11.2. The second kappa shape index (κ2) is 5.32. The second-order valence-corrected chi connectivity index (χ2v) is 3.82. The number of carbonyl (C=O) groups excluding carboxylic acids is 1. The minimum Gasteiger partial charge on any atom is -0.364 e. The highest BCUT2D eigenvalue weighted by Gasteiger charge is 2.25. The van der Waals surface area contributed by atoms with Crippen molar-refractivity contribution in [3.05, 3.63) is 0 Å². The predicted molar refractivity (Wildman–Crippen MR) is 55.1 cm³/mol. The quantitative estimate of drug-likeness (QED) is 0.688. The fourth-order valence-corrected chi connectivity index (χ4v) is 1.73. The molecule has 0 radical (unpaired) electrons. The van der Waals surface area contributed by atoms with Crippen LogP contribution in [0.15, 0.2) is 0 Å². The van der Waals surface area contributed by atoms with Gasteiger partial charge in [0, 0.05) is 13.1 Å². The Hall–Kier alpha value is -0.610. The molecule has 14 heavy (non-hydrogen) atoms. The van der Waals surface area contributed by atoms with Gasteiger partial charge in [-0.1, -0.05) is 0 Å². The molecule has 1 aliphatic heterocycles. The molecule has 0 aromatic rings. The van der Waals surface area contributed by atoms with Gasteiger partial charge in [0.05, 0.1) is 6.10 Å². The monoisotopic (exact) mass is 200 g/mol. The van der Waals surface area contributed by atoms with Crippen LogP contribution in [-0.4, -0.2) is 37.7 Å². The fourth-order valence-electron chi connectivity index (χ4n) is 1.73. The van der Waals surface area contributed by atoms with Crippen molar-refractivity contribution >= 4 is 5.91 Å². The summed E-state index contributed by atoms with van der Waals surface area (Å²) in [6.45, 7) is 4.94. The molecule has 1 heterocycles. The van der Waals surface area contributed by atoms with Crippen molar-refractivity contribution in [3.63, 3.8) is 0 Å². The van der Waals surface area contributed by atoms with Crippen LogP contribution in [0.5, 0.6) is 0 Å². The molecule has 0 aliphatic carbocycles. The molecule has 0 bridgehead atoms. The van der Waals surface area contributed by atoms with Gasteiger partial charge in [0.2, 0.25) is 5.91 Å². The average molecular weight is 200 g/mol. The molecule has 4 nitrogen and oxygen atoms in total. The van der Waals surface area contributed by atoms with E-state index in [1.165, 1.54) is 0 Å². The van der Waals surface area contributed by atoms with E-state index in [1.54, 1.807) is 14.0 Å². The zero-order valence-electron chi connectivity index (χ0n) is 9.17. The van der Waals surface area contributed by atoms with Crippen molar-refractivity contribution in [2.45, 2.75) is 44.9 Å². The number of hydrogen-bond donors (Lipinski definition) is 2. The van der Waals surface area contributed by atoms with E-state index in [1.807, 2.05) is 0 Å². The minimum absolute atomic E-state index is 0.0530. The summed E-state index contributed by atoms with van der Waals surface area (Å²) in [4.78, 5) is 11.2. The lowest BCUT2D eigenvalue weighted by molar-refractivity contribution is -0.136. The van der Waals surface area contributed by atoms with Crippen LogP contribution >= 0.6 is 0 Å². The number of ether oxygens (including phenoxy) is 1. The summed E-state index contributed by atoms with van der Waals surface area (Å²) in [5.41, 5.74) is 0. The van der Waals surface area contributed by atoms with Gasteiger partial charge in [-0.05, 0) is 33.2 Å². The molecule has 3 atom stereocenters. The van der Waals surface area contributed by atoms with Crippen molar-refractivity contribution in [1.82, 2.24) is 10.6 Å². The molecule has 3 unspecified atom stereocenters. The van der Waals surface area contributed by atoms with Crippen molar-refractivity contribution in [3.8, 4) is 0 Å². The summed E-state index contributed by atoms with van der Waals surface area (Å²) in [7, 11) is 1.63. The lowest BCUT2D eigenvalue weighted by Crippen LogP contribution is -2.47. The number of carbonyl (C=O) groups is 1. The van der Waals surface area contributed by atoms with Gasteiger partial charge < -0.3 is 15.4 Å². The van der Waals surface area contributed by atoms with Crippen LogP contribution in [0.3, 0.4) is 0 Å². The predicted octanol–water partition coefficient (Wildman–Crippen LogP) is 0.278. The Bertz CT molecular complexity index is 197. The highest BCUT2D eigenvalue weighted by Crippen LogP contribution is 2.14. The topological polar surface area (TPSA) is 50.4 Å². The molecule has 0 aromatic heterocycles. The Labute approximate surface area is 85.4 Å². The molecule has 1 saturated heterocycles. The molecule has 1 fully saturated rings. The number of piperidine rings is 1. The van der Waals surface area contributed by atoms with Crippen LogP contribution in [0.25, 0.3) is 0 Å². The molecule has 1 rings (SSSR count). The van der Waals surface area contributed by atoms with Gasteiger partial charge in [-0.3, -0.25) is 4.79 Å². The zero-order valence-corrected chi connectivity index (χ0v) is 9.17. The number of amides is 1. The first-order chi connectivity index (χ1) is 6.65. The van der Waals surface area contributed by atoms with Gasteiger partial charge in [-0.25, -0.2) is 0 Å². The highest BCUT2D eigenvalue weighted by atomic mass is 16.5. The largest absolute Gasteiger partial charge is 0.364 e. The van der Waals surface area contributed by atoms with Gasteiger partial charge in [0.15, 0.2) is 0 Å². The molecule has 1 aliphatic rings. The second-order valence-electron chi connectivity index (χ2n) is 3.82. The Morgan fingerprint density at radius 3 is 2.93 bits per heavy atom. The van der Waals surface area contributed by atoms with E-state index in [-0.39, 0.29) is 18.1 Å². The van der Waals surface area contributed by atoms with E-state index in [0.717, 1.165) is 19.4 Å². The molecule has 4 heteroatoms. The molecule has 1 amide bonds. The summed E-state index contributed by atoms with van der Waals surface area (Å²) in [5.74, 6) is -0.0530. The Morgan fingerprint density at radius 2 is 2.36 bits per heavy atom. The first kappa shape index (κ1) is 11.5. The van der Waals surface area contributed by atoms with E-state index in [0.29, 0.717) is 6.04 Å². The highest BCUT2D eigenvalue weighted by molar-refractivity contribution is 5.79. The van der Waals surface area contributed by atoms with Crippen molar-refractivity contribution in [1.29, 1.82) is 0 Å². The Balaban J connectivity index is 2.38. The maximum Gasteiger partial charge on any atom is 0.248 e. The van der Waals surface area contributed by atoms with Gasteiger partial charge in [0.1, 0.15) is 6.10 Å². The molecule has 2 N–H and O–H groups in total. The number of rotatable bonds is 3. The standard InChI is InChI=1S/C10H20N2O2/c1-7-9(5-4-6-12-7)14-8(2)10(13)11-3/h7-9,12H,4-6H2,1-3H3,(H,11,13). The number of likely N-dealkylation sites (N-methyl/N-ethyl adjacent to an activating group) is 1. The summed E-state index contributed by atoms with van der Waals surface area (Å²) in [5, 5.41) is 5.92. The van der Waals surface area contributed by atoms with Crippen LogP contribution in [0.1, 0.15) is 26.7 Å². The summed E-state index contributed by atoms with van der Waals surface area (Å²) >= 11 is 0. The smallest absolute Gasteiger partial charge is 0.248 e. The fraction of sp³-hybridized carbons (Fsp3) is 0.900. The van der Waals surface area contributed by atoms with E-state index < -0.39 is 0 Å². The van der Waals surface area contributed by atoms with E-state index in [9.17, 15) is 4.79 Å². The SMILES string of the molecule is CNC(=O)C(C)OC1CCCNC1C. The summed E-state index contributed by atoms with van der Waals surface area (Å²) in [6, 6.07) is 0.343. The first-order valence-corrected chi connectivity index (χ1v) is 5.25. The third-order valence-corrected chi connectivity index (χ3v) is 2.68. The normalized spacial score (nSPS) is 29.6. The molecule has 0 saturated carbocycles. The van der Waals surface area contributed by atoms with E-state index >= 15 is 0 Å². The third kappa shape index (κ3) is 2.96. The molecule has 0 spiro atoms. The first-order valence-electron chi connectivity index (χ1n) is 5.25. The Morgan fingerprint density at radius 1 is 1.64 bits per heavy atom. The molecule has 0 aromatic carbocycles. The molecular formula is C10H20N2O2. The lowest BCUT2D eigenvalue weighted by Gasteiger charge is -2.31. The van der Waals surface area contributed by atoms with Gasteiger partial charge >= 0.3 is 0 Å². The van der Waals surface area contributed by atoms with E-state index in [2.05, 4.69) is 17.6 Å². The van der Waals surface area contributed by atoms with Crippen LogP contribution in [0, 0.1) is 0 Å². The van der Waals surface area contributed by atoms with Crippen LogP contribution in [-0.2, 0) is 9.53 Å². The van der Waals surface area contributed by atoms with Crippen molar-refractivity contribution in [2.24, 2.45) is 0 Å². The van der Waals surface area contributed by atoms with Crippen molar-refractivity contribution < 1.29 is 9.53 Å². The minimum atomic E-state index is -0.354. The molecule has 82 valence electrons. The third-order valence-electron chi connectivity index (χ3n) is 2.68. The maximum atomic E-state index is 11.2. The van der Waals surface area contributed by atoms with Gasteiger partial charge in [0.25, 0.3) is 0 Å². The average Bonchev–Trinajstić information content (AvgIpc) is 2.20.